The van der Waals surface area contributed by atoms with Gasteiger partial charge in [-0.15, -0.1) is 0 Å². The smallest absolute Gasteiger partial charge is 0.326 e. The van der Waals surface area contributed by atoms with Gasteiger partial charge in [-0.2, -0.15) is 0 Å². The van der Waals surface area contributed by atoms with Gasteiger partial charge in [0.25, 0.3) is 0 Å². The standard InChI is InChI=1S/C15H26N2O3/c1-3-11-5-7-17(13(9-11)15(19)20)14(18)12-4-6-16-10(2)8-12/h10-13,16H,3-9H2,1-2H3,(H,19,20). The summed E-state index contributed by atoms with van der Waals surface area (Å²) in [5.74, 6) is -0.364. The van der Waals surface area contributed by atoms with Crippen LogP contribution in [0.25, 0.3) is 0 Å². The zero-order valence-corrected chi connectivity index (χ0v) is 12.5. The Kier molecular flexibility index (Phi) is 5.02. The van der Waals surface area contributed by atoms with Crippen LogP contribution in [0.3, 0.4) is 0 Å². The summed E-state index contributed by atoms with van der Waals surface area (Å²) in [4.78, 5) is 25.8. The Hall–Kier alpha value is -1.10. The molecule has 0 aromatic carbocycles. The zero-order valence-electron chi connectivity index (χ0n) is 12.5. The molecule has 0 radical (unpaired) electrons. The average Bonchev–Trinajstić information content (AvgIpc) is 2.45. The lowest BCUT2D eigenvalue weighted by Gasteiger charge is -2.40. The molecule has 0 aromatic rings. The molecule has 2 aliphatic heterocycles. The first-order chi connectivity index (χ1) is 9.52. The molecule has 20 heavy (non-hydrogen) atoms. The van der Waals surface area contributed by atoms with Crippen LogP contribution >= 0.6 is 0 Å². The summed E-state index contributed by atoms with van der Waals surface area (Å²) in [6.45, 7) is 5.63. The van der Waals surface area contributed by atoms with Crippen LogP contribution in [0.15, 0.2) is 0 Å². The van der Waals surface area contributed by atoms with E-state index >= 15 is 0 Å². The molecule has 2 N–H and O–H groups in total. The largest absolute Gasteiger partial charge is 0.480 e. The molecule has 2 aliphatic rings. The van der Waals surface area contributed by atoms with Gasteiger partial charge in [-0.05, 0) is 45.1 Å². The topological polar surface area (TPSA) is 69.6 Å². The molecule has 114 valence electrons. The SMILES string of the molecule is CCC1CCN(C(=O)C2CCNC(C)C2)C(C(=O)O)C1. The van der Waals surface area contributed by atoms with E-state index in [-0.39, 0.29) is 11.8 Å². The summed E-state index contributed by atoms with van der Waals surface area (Å²) in [6, 6.07) is -0.277. The Morgan fingerprint density at radius 1 is 1.30 bits per heavy atom. The first kappa shape index (κ1) is 15.3. The van der Waals surface area contributed by atoms with Gasteiger partial charge in [-0.1, -0.05) is 13.3 Å². The maximum absolute atomic E-state index is 12.6. The van der Waals surface area contributed by atoms with Gasteiger partial charge in [0.15, 0.2) is 0 Å². The van der Waals surface area contributed by atoms with Gasteiger partial charge >= 0.3 is 5.97 Å². The molecule has 2 heterocycles. The van der Waals surface area contributed by atoms with Crippen molar-refractivity contribution in [2.75, 3.05) is 13.1 Å². The number of piperidine rings is 2. The van der Waals surface area contributed by atoms with Crippen LogP contribution in [0, 0.1) is 11.8 Å². The maximum Gasteiger partial charge on any atom is 0.326 e. The first-order valence-electron chi connectivity index (χ1n) is 7.79. The van der Waals surface area contributed by atoms with Crippen LogP contribution < -0.4 is 5.32 Å². The second kappa shape index (κ2) is 6.57. The number of likely N-dealkylation sites (tertiary alicyclic amines) is 1. The summed E-state index contributed by atoms with van der Waals surface area (Å²) in [6.07, 6.45) is 4.18. The highest BCUT2D eigenvalue weighted by Crippen LogP contribution is 2.29. The predicted molar refractivity (Wildman–Crippen MR) is 76.3 cm³/mol. The van der Waals surface area contributed by atoms with Crippen LogP contribution in [-0.4, -0.2) is 47.1 Å². The number of nitrogens with one attached hydrogen (secondary N) is 1. The summed E-state index contributed by atoms with van der Waals surface area (Å²) in [7, 11) is 0. The number of carbonyl (C=O) groups is 2. The number of carboxylic acid groups (broad SMARTS) is 1. The van der Waals surface area contributed by atoms with Crippen LogP contribution in [-0.2, 0) is 9.59 Å². The Morgan fingerprint density at radius 2 is 2.05 bits per heavy atom. The highest BCUT2D eigenvalue weighted by Gasteiger charge is 2.38. The molecule has 4 unspecified atom stereocenters. The van der Waals surface area contributed by atoms with Crippen LogP contribution in [0.1, 0.15) is 46.0 Å². The van der Waals surface area contributed by atoms with E-state index in [9.17, 15) is 14.7 Å². The quantitative estimate of drug-likeness (QED) is 0.822. The van der Waals surface area contributed by atoms with E-state index in [2.05, 4.69) is 19.2 Å². The van der Waals surface area contributed by atoms with E-state index < -0.39 is 12.0 Å². The van der Waals surface area contributed by atoms with Crippen LogP contribution in [0.2, 0.25) is 0 Å². The van der Waals surface area contributed by atoms with Gasteiger partial charge < -0.3 is 15.3 Å². The third-order valence-electron chi connectivity index (χ3n) is 4.83. The molecule has 5 nitrogen and oxygen atoms in total. The van der Waals surface area contributed by atoms with Gasteiger partial charge in [-0.25, -0.2) is 4.79 Å². The second-order valence-electron chi connectivity index (χ2n) is 6.26. The van der Waals surface area contributed by atoms with Crippen molar-refractivity contribution < 1.29 is 14.7 Å². The summed E-state index contributed by atoms with van der Waals surface area (Å²) in [5.41, 5.74) is 0. The monoisotopic (exact) mass is 282 g/mol. The average molecular weight is 282 g/mol. The minimum atomic E-state index is -0.849. The van der Waals surface area contributed by atoms with Gasteiger partial charge in [0.05, 0.1) is 0 Å². The molecule has 2 rings (SSSR count). The third kappa shape index (κ3) is 3.32. The lowest BCUT2D eigenvalue weighted by atomic mass is 9.86. The fourth-order valence-electron chi connectivity index (χ4n) is 3.50. The fraction of sp³-hybridized carbons (Fsp3) is 0.867. The Bertz CT molecular complexity index is 372. The van der Waals surface area contributed by atoms with E-state index in [0.29, 0.717) is 24.9 Å². The zero-order chi connectivity index (χ0) is 14.7. The van der Waals surface area contributed by atoms with Crippen molar-refractivity contribution in [3.8, 4) is 0 Å². The number of nitrogens with zero attached hydrogens (tertiary/aromatic N) is 1. The lowest BCUT2D eigenvalue weighted by Crippen LogP contribution is -2.53. The number of amides is 1. The van der Waals surface area contributed by atoms with E-state index in [1.54, 1.807) is 4.90 Å². The normalized spacial score (nSPS) is 34.8. The van der Waals surface area contributed by atoms with Crippen molar-refractivity contribution in [2.45, 2.75) is 58.0 Å². The van der Waals surface area contributed by atoms with E-state index in [1.807, 2.05) is 0 Å². The third-order valence-corrected chi connectivity index (χ3v) is 4.83. The first-order valence-corrected chi connectivity index (χ1v) is 7.79. The van der Waals surface area contributed by atoms with E-state index in [1.165, 1.54) is 0 Å². The Balaban J connectivity index is 2.05. The molecule has 0 aromatic heterocycles. The van der Waals surface area contributed by atoms with E-state index in [4.69, 9.17) is 0 Å². The summed E-state index contributed by atoms with van der Waals surface area (Å²) < 4.78 is 0. The molecule has 0 aliphatic carbocycles. The number of aliphatic carboxylic acids is 1. The van der Waals surface area contributed by atoms with Gasteiger partial charge in [0.1, 0.15) is 6.04 Å². The highest BCUT2D eigenvalue weighted by atomic mass is 16.4. The molecule has 1 amide bonds. The number of hydrogen-bond donors (Lipinski definition) is 2. The van der Waals surface area contributed by atoms with Crippen molar-refractivity contribution in [2.24, 2.45) is 11.8 Å². The van der Waals surface area contributed by atoms with Crippen LogP contribution in [0.4, 0.5) is 0 Å². The minimum Gasteiger partial charge on any atom is -0.480 e. The molecule has 2 fully saturated rings. The Labute approximate surface area is 120 Å². The van der Waals surface area contributed by atoms with Crippen molar-refractivity contribution in [3.63, 3.8) is 0 Å². The van der Waals surface area contributed by atoms with Gasteiger partial charge in [0, 0.05) is 18.5 Å². The van der Waals surface area contributed by atoms with Gasteiger partial charge in [-0.3, -0.25) is 4.79 Å². The van der Waals surface area contributed by atoms with E-state index in [0.717, 1.165) is 32.2 Å². The van der Waals surface area contributed by atoms with Crippen LogP contribution in [0.5, 0.6) is 0 Å². The number of rotatable bonds is 3. The minimum absolute atomic E-state index is 0.00808. The molecule has 2 saturated heterocycles. The highest BCUT2D eigenvalue weighted by molar-refractivity contribution is 5.85. The number of carbonyl (C=O) groups excluding carboxylic acids is 1. The van der Waals surface area contributed by atoms with Crippen molar-refractivity contribution in [3.05, 3.63) is 0 Å². The molecular formula is C15H26N2O3. The number of hydrogen-bond acceptors (Lipinski definition) is 3. The van der Waals surface area contributed by atoms with Crippen molar-refractivity contribution in [1.29, 1.82) is 0 Å². The van der Waals surface area contributed by atoms with Crippen molar-refractivity contribution in [1.82, 2.24) is 10.2 Å². The molecule has 0 bridgehead atoms. The van der Waals surface area contributed by atoms with Gasteiger partial charge in [0.2, 0.25) is 5.91 Å². The Morgan fingerprint density at radius 3 is 2.65 bits per heavy atom. The summed E-state index contributed by atoms with van der Waals surface area (Å²) in [5, 5.41) is 12.7. The number of carboxylic acids is 1. The summed E-state index contributed by atoms with van der Waals surface area (Å²) >= 11 is 0. The lowest BCUT2D eigenvalue weighted by molar-refractivity contribution is -0.155. The van der Waals surface area contributed by atoms with Crippen molar-refractivity contribution >= 4 is 11.9 Å². The predicted octanol–water partition coefficient (Wildman–Crippen LogP) is 1.48. The molecular weight excluding hydrogens is 256 g/mol. The molecule has 4 atom stereocenters. The maximum atomic E-state index is 12.6. The molecule has 5 heteroatoms. The molecule has 0 saturated carbocycles. The molecule has 0 spiro atoms. The fourth-order valence-corrected chi connectivity index (χ4v) is 3.50. The second-order valence-corrected chi connectivity index (χ2v) is 6.26.